The van der Waals surface area contributed by atoms with Gasteiger partial charge in [-0.2, -0.15) is 13.2 Å². The minimum Gasteiger partial charge on any atom is -0.494 e. The molecule has 0 saturated heterocycles. The molecule has 1 aromatic heterocycles. The molecule has 3 aromatic rings. The molecule has 3 rings (SSSR count). The number of phosphoric acid groups is 1. The first-order chi connectivity index (χ1) is 17.2. The summed E-state index contributed by atoms with van der Waals surface area (Å²) in [7, 11) is -4.76. The number of aromatic nitrogens is 1. The second kappa shape index (κ2) is 11.9. The highest BCUT2D eigenvalue weighted by Gasteiger charge is 2.35. The molecule has 14 heteroatoms. The van der Waals surface area contributed by atoms with Crippen LogP contribution in [-0.2, 0) is 20.8 Å². The quantitative estimate of drug-likeness (QED) is 0.150. The second-order valence-corrected chi connectivity index (χ2v) is 10.5. The summed E-state index contributed by atoms with van der Waals surface area (Å²) >= 11 is 0.983. The van der Waals surface area contributed by atoms with Crippen molar-refractivity contribution in [3.63, 3.8) is 0 Å². The van der Waals surface area contributed by atoms with Gasteiger partial charge in [-0.3, -0.25) is 4.52 Å². The Kier molecular flexibility index (Phi) is 9.32. The molecule has 0 fully saturated rings. The van der Waals surface area contributed by atoms with Crippen molar-refractivity contribution in [2.45, 2.75) is 31.5 Å². The third-order valence-electron chi connectivity index (χ3n) is 4.97. The third-order valence-corrected chi connectivity index (χ3v) is 6.77. The molecule has 0 aliphatic carbocycles. The molecule has 1 heterocycles. The molecule has 0 spiro atoms. The Morgan fingerprint density at radius 1 is 1.05 bits per heavy atom. The molecule has 0 radical (unpaired) electrons. The molecule has 0 aliphatic heterocycles. The van der Waals surface area contributed by atoms with Gasteiger partial charge < -0.3 is 25.0 Å². The van der Waals surface area contributed by atoms with Crippen molar-refractivity contribution >= 4 is 19.2 Å². The van der Waals surface area contributed by atoms with Gasteiger partial charge in [-0.15, -0.1) is 11.3 Å². The minimum atomic E-state index is -4.76. The highest BCUT2D eigenvalue weighted by Crippen LogP contribution is 2.42. The van der Waals surface area contributed by atoms with Gasteiger partial charge in [0.1, 0.15) is 22.3 Å². The van der Waals surface area contributed by atoms with Crippen molar-refractivity contribution in [2.75, 3.05) is 19.8 Å². The van der Waals surface area contributed by atoms with Gasteiger partial charge in [-0.05, 0) is 67.8 Å². The summed E-state index contributed by atoms with van der Waals surface area (Å²) in [6.07, 6.45) is -2.39. The third kappa shape index (κ3) is 8.77. The summed E-state index contributed by atoms with van der Waals surface area (Å²) in [5, 5.41) is 0.229. The lowest BCUT2D eigenvalue weighted by Crippen LogP contribution is -2.37. The zero-order valence-corrected chi connectivity index (χ0v) is 21.3. The van der Waals surface area contributed by atoms with E-state index in [1.54, 1.807) is 0 Å². The summed E-state index contributed by atoms with van der Waals surface area (Å²) in [5.41, 5.74) is 3.94. The van der Waals surface area contributed by atoms with E-state index in [0.717, 1.165) is 17.4 Å². The number of unbranched alkanes of at least 4 members (excludes halogenated alkanes) is 1. The normalized spacial score (nSPS) is 13.8. The van der Waals surface area contributed by atoms with E-state index in [1.807, 2.05) is 0 Å². The van der Waals surface area contributed by atoms with Gasteiger partial charge in [0.05, 0.1) is 35.8 Å². The summed E-state index contributed by atoms with van der Waals surface area (Å²) in [6, 6.07) is 9.14. The van der Waals surface area contributed by atoms with E-state index in [9.17, 15) is 22.1 Å². The molecule has 0 unspecified atom stereocenters. The van der Waals surface area contributed by atoms with E-state index in [2.05, 4.69) is 9.51 Å². The molecule has 4 N–H and O–H groups in total. The summed E-state index contributed by atoms with van der Waals surface area (Å²) in [6.45, 7) is 1.23. The summed E-state index contributed by atoms with van der Waals surface area (Å²) in [4.78, 5) is 22.2. The Balaban J connectivity index is 1.62. The van der Waals surface area contributed by atoms with Gasteiger partial charge in [0.15, 0.2) is 0 Å². The molecular weight excluding hydrogens is 539 g/mol. The second-order valence-electron chi connectivity index (χ2n) is 8.28. The molecule has 8 nitrogen and oxygen atoms in total. The van der Waals surface area contributed by atoms with Crippen molar-refractivity contribution in [2.24, 2.45) is 5.73 Å². The molecular formula is C23H25F4N2O6PS. The van der Waals surface area contributed by atoms with Gasteiger partial charge in [0.25, 0.3) is 0 Å². The van der Waals surface area contributed by atoms with Crippen molar-refractivity contribution in [3.8, 4) is 21.9 Å². The average molecular weight is 564 g/mol. The number of nitrogens with two attached hydrogens (primary N) is 1. The average Bonchev–Trinajstić information content (AvgIpc) is 3.32. The van der Waals surface area contributed by atoms with Crippen LogP contribution >= 0.6 is 19.2 Å². The predicted octanol–water partition coefficient (Wildman–Crippen LogP) is 5.49. The Bertz CT molecular complexity index is 1230. The highest BCUT2D eigenvalue weighted by molar-refractivity contribution is 7.46. The van der Waals surface area contributed by atoms with Crippen LogP contribution in [0.15, 0.2) is 48.7 Å². The molecule has 2 aromatic carbocycles. The van der Waals surface area contributed by atoms with E-state index in [0.29, 0.717) is 30.1 Å². The van der Waals surface area contributed by atoms with Crippen LogP contribution in [-0.4, -0.2) is 34.6 Å². The Hall–Kier alpha value is -2.54. The van der Waals surface area contributed by atoms with Gasteiger partial charge in [-0.25, -0.2) is 13.9 Å². The fourth-order valence-corrected chi connectivity index (χ4v) is 4.48. The number of benzene rings is 2. The topological polar surface area (TPSA) is 124 Å². The summed E-state index contributed by atoms with van der Waals surface area (Å²) in [5.74, 6) is -0.208. The van der Waals surface area contributed by atoms with Crippen molar-refractivity contribution in [1.82, 2.24) is 4.98 Å². The smallest absolute Gasteiger partial charge is 0.469 e. The largest absolute Gasteiger partial charge is 0.494 e. The fourth-order valence-electron chi connectivity index (χ4n) is 3.09. The van der Waals surface area contributed by atoms with Gasteiger partial charge in [0.2, 0.25) is 0 Å². The molecule has 0 aliphatic rings. The van der Waals surface area contributed by atoms with Crippen LogP contribution in [0.25, 0.3) is 10.4 Å². The Labute approximate surface area is 214 Å². The monoisotopic (exact) mass is 564 g/mol. The van der Waals surface area contributed by atoms with Crippen molar-refractivity contribution in [3.05, 3.63) is 65.0 Å². The van der Waals surface area contributed by atoms with E-state index >= 15 is 0 Å². The maximum atomic E-state index is 13.7. The first kappa shape index (κ1) is 29.0. The van der Waals surface area contributed by atoms with Crippen LogP contribution in [0.3, 0.4) is 0 Å². The van der Waals surface area contributed by atoms with Crippen LogP contribution < -0.4 is 15.2 Å². The maximum absolute atomic E-state index is 13.7. The highest BCUT2D eigenvalue weighted by atomic mass is 32.1. The zero-order chi connectivity index (χ0) is 27.3. The maximum Gasteiger partial charge on any atom is 0.469 e. The first-order valence-electron chi connectivity index (χ1n) is 10.9. The van der Waals surface area contributed by atoms with E-state index in [-0.39, 0.29) is 28.7 Å². The summed E-state index contributed by atoms with van der Waals surface area (Å²) < 4.78 is 80.4. The van der Waals surface area contributed by atoms with Crippen molar-refractivity contribution in [1.29, 1.82) is 0 Å². The molecule has 1 atom stereocenters. The van der Waals surface area contributed by atoms with E-state index in [1.165, 1.54) is 49.5 Å². The van der Waals surface area contributed by atoms with Gasteiger partial charge in [0, 0.05) is 6.20 Å². The number of hydrogen-bond acceptors (Lipinski definition) is 7. The van der Waals surface area contributed by atoms with Gasteiger partial charge in [-0.1, -0.05) is 0 Å². The lowest BCUT2D eigenvalue weighted by atomic mass is 10.1. The number of rotatable bonds is 12. The lowest BCUT2D eigenvalue weighted by Gasteiger charge is -2.21. The Morgan fingerprint density at radius 2 is 1.70 bits per heavy atom. The fraction of sp³-hybridized carbons (Fsp3) is 0.348. The number of nitrogens with zero attached hydrogens (tertiary/aromatic N) is 1. The minimum absolute atomic E-state index is 0.0327. The van der Waals surface area contributed by atoms with Crippen LogP contribution in [0.4, 0.5) is 17.6 Å². The number of halogens is 4. The van der Waals surface area contributed by atoms with E-state index < -0.39 is 31.7 Å². The number of phosphoric ester groups is 1. The molecule has 0 saturated carbocycles. The van der Waals surface area contributed by atoms with Gasteiger partial charge >= 0.3 is 14.0 Å². The SMILES string of the molecule is C[C@](N)(COP(=O)(O)O)c1ncc(-c2ccc(OCCCCOc3ccc(F)cc3)c(C(F)(F)F)c2)s1. The number of hydrogen-bond donors (Lipinski definition) is 3. The molecule has 0 amide bonds. The number of alkyl halides is 3. The van der Waals surface area contributed by atoms with Crippen LogP contribution in [0, 0.1) is 5.82 Å². The molecule has 0 bridgehead atoms. The number of ether oxygens (including phenoxy) is 2. The Morgan fingerprint density at radius 3 is 2.32 bits per heavy atom. The number of thiazole rings is 1. The van der Waals surface area contributed by atoms with Crippen LogP contribution in [0.1, 0.15) is 30.3 Å². The predicted molar refractivity (Wildman–Crippen MR) is 129 cm³/mol. The zero-order valence-electron chi connectivity index (χ0n) is 19.6. The van der Waals surface area contributed by atoms with Crippen molar-refractivity contribution < 1.29 is 45.9 Å². The van der Waals surface area contributed by atoms with Crippen LogP contribution in [0.2, 0.25) is 0 Å². The lowest BCUT2D eigenvalue weighted by molar-refractivity contribution is -0.138. The first-order valence-corrected chi connectivity index (χ1v) is 13.3. The molecule has 37 heavy (non-hydrogen) atoms. The molecule has 202 valence electrons. The standard InChI is InChI=1S/C23H25F4N2O6PS/c1-22(28,14-35-36(30,31)32)21-29-13-20(37-21)15-4-9-19(18(12-15)23(25,26)27)34-11-3-2-10-33-17-7-5-16(24)6-8-17/h4-9,12-13H,2-3,10-11,14,28H2,1H3,(H2,30,31,32)/t22-/m0/s1. The van der Waals surface area contributed by atoms with Crippen LogP contribution in [0.5, 0.6) is 11.5 Å². The van der Waals surface area contributed by atoms with E-state index in [4.69, 9.17) is 25.0 Å².